The van der Waals surface area contributed by atoms with Gasteiger partial charge in [-0.25, -0.2) is 0 Å². The van der Waals surface area contributed by atoms with Gasteiger partial charge in [-0.15, -0.1) is 0 Å². The molecule has 0 aliphatic rings. The predicted octanol–water partition coefficient (Wildman–Crippen LogP) is 8.54. The summed E-state index contributed by atoms with van der Waals surface area (Å²) in [6.45, 7) is 2.29. The van der Waals surface area contributed by atoms with Crippen molar-refractivity contribution in [2.45, 2.75) is 161 Å². The second-order valence-electron chi connectivity index (χ2n) is 8.92. The Kier molecular flexibility index (Phi) is 30.7. The van der Waals surface area contributed by atoms with E-state index in [2.05, 4.69) is 6.92 Å². The fourth-order valence-electron chi connectivity index (χ4n) is 4.06. The summed E-state index contributed by atoms with van der Waals surface area (Å²) in [6.07, 6.45) is 32.0. The average Bonchev–Trinajstić information content (AvgIpc) is 2.68. The predicted molar refractivity (Wildman–Crippen MR) is 133 cm³/mol. The fraction of sp³-hybridized carbons (Fsp3) is 0.962. The van der Waals surface area contributed by atoms with E-state index < -0.39 is 5.97 Å². The van der Waals surface area contributed by atoms with Crippen molar-refractivity contribution in [3.8, 4) is 0 Å². The first kappa shape index (κ1) is 31.5. The van der Waals surface area contributed by atoms with Gasteiger partial charge in [0.25, 0.3) is 0 Å². The van der Waals surface area contributed by atoms with E-state index in [0.29, 0.717) is 6.42 Å². The van der Waals surface area contributed by atoms with Crippen molar-refractivity contribution < 1.29 is 9.90 Å². The van der Waals surface area contributed by atoms with Gasteiger partial charge in [0.05, 0.1) is 0 Å². The third-order valence-electron chi connectivity index (χ3n) is 5.99. The topological polar surface area (TPSA) is 37.3 Å². The van der Waals surface area contributed by atoms with Crippen LogP contribution < -0.4 is 0 Å². The van der Waals surface area contributed by atoms with Crippen molar-refractivity contribution in [2.24, 2.45) is 0 Å². The van der Waals surface area contributed by atoms with E-state index >= 15 is 0 Å². The van der Waals surface area contributed by atoms with Gasteiger partial charge in [0.1, 0.15) is 0 Å². The zero-order valence-corrected chi connectivity index (χ0v) is 24.1. The van der Waals surface area contributed by atoms with Crippen LogP contribution in [0.5, 0.6) is 0 Å². The molecule has 0 aromatic heterocycles. The van der Waals surface area contributed by atoms with E-state index in [1.807, 2.05) is 0 Å². The van der Waals surface area contributed by atoms with E-state index in [1.54, 1.807) is 0 Å². The minimum atomic E-state index is -0.650. The van der Waals surface area contributed by atoms with E-state index in [-0.39, 0.29) is 23.9 Å². The summed E-state index contributed by atoms with van der Waals surface area (Å²) in [5.41, 5.74) is 0. The number of unbranched alkanes of at least 4 members (excludes halogenated alkanes) is 22. The molecule has 3 heteroatoms. The molecule has 0 bridgehead atoms. The minimum absolute atomic E-state index is 0. The van der Waals surface area contributed by atoms with Crippen LogP contribution in [0.4, 0.5) is 0 Å². The molecule has 0 aliphatic heterocycles. The third kappa shape index (κ3) is 30.6. The van der Waals surface area contributed by atoms with Crippen molar-refractivity contribution in [1.29, 1.82) is 0 Å². The SMILES string of the molecule is CCCCCCCCCCCCCCCCCCCCCCCCCC(=O)O.[SnH2]. The molecule has 0 saturated carbocycles. The summed E-state index contributed by atoms with van der Waals surface area (Å²) in [7, 11) is 0. The third-order valence-corrected chi connectivity index (χ3v) is 5.99. The van der Waals surface area contributed by atoms with Crippen LogP contribution in [0, 0.1) is 0 Å². The number of aliphatic carboxylic acids is 1. The molecular weight excluding hydrogens is 463 g/mol. The van der Waals surface area contributed by atoms with Gasteiger partial charge < -0.3 is 5.11 Å². The zero-order valence-electron chi connectivity index (χ0n) is 20.0. The maximum absolute atomic E-state index is 10.4. The van der Waals surface area contributed by atoms with Crippen molar-refractivity contribution >= 4 is 29.9 Å². The Balaban J connectivity index is 0. The Morgan fingerprint density at radius 1 is 0.448 bits per heavy atom. The molecule has 2 radical (unpaired) electrons. The summed E-state index contributed by atoms with van der Waals surface area (Å²) in [4.78, 5) is 10.4. The van der Waals surface area contributed by atoms with Gasteiger partial charge in [-0.2, -0.15) is 0 Å². The monoisotopic (exact) mass is 518 g/mol. The van der Waals surface area contributed by atoms with Gasteiger partial charge in [0.2, 0.25) is 0 Å². The molecule has 0 atom stereocenters. The maximum atomic E-state index is 10.4. The Morgan fingerprint density at radius 3 is 0.862 bits per heavy atom. The molecule has 0 spiro atoms. The number of hydrogen-bond donors (Lipinski definition) is 1. The summed E-state index contributed by atoms with van der Waals surface area (Å²) >= 11 is 0. The molecule has 0 fully saturated rings. The molecule has 0 aromatic rings. The molecule has 0 unspecified atom stereocenters. The molecule has 0 aliphatic carbocycles. The van der Waals surface area contributed by atoms with Crippen molar-refractivity contribution in [2.75, 3.05) is 0 Å². The van der Waals surface area contributed by atoms with Crippen LogP contribution in [0.15, 0.2) is 0 Å². The summed E-state index contributed by atoms with van der Waals surface area (Å²) in [5.74, 6) is -0.650. The fourth-order valence-corrected chi connectivity index (χ4v) is 4.06. The Bertz CT molecular complexity index is 307. The summed E-state index contributed by atoms with van der Waals surface area (Å²) in [6, 6.07) is 0. The number of carboxylic acids is 1. The Morgan fingerprint density at radius 2 is 0.655 bits per heavy atom. The quantitative estimate of drug-likeness (QED) is 0.103. The Labute approximate surface area is 200 Å². The van der Waals surface area contributed by atoms with Crippen LogP contribution in [0.2, 0.25) is 0 Å². The first-order valence-electron chi connectivity index (χ1n) is 13.0. The number of carbonyl (C=O) groups is 1. The van der Waals surface area contributed by atoms with E-state index in [4.69, 9.17) is 5.11 Å². The molecular formula is C26H54O2Sn. The van der Waals surface area contributed by atoms with Crippen LogP contribution in [0.3, 0.4) is 0 Å². The molecule has 1 N–H and O–H groups in total. The zero-order chi connectivity index (χ0) is 20.5. The normalized spacial score (nSPS) is 10.8. The standard InChI is InChI=1S/C26H52O2.Sn.2H/c1-2-3-4-5-6-7-8-9-10-11-12-13-14-15-16-17-18-19-20-21-22-23-24-25-26(27)28;;;/h2-25H2,1H3,(H,27,28);;;. The summed E-state index contributed by atoms with van der Waals surface area (Å²) < 4.78 is 0. The van der Waals surface area contributed by atoms with Gasteiger partial charge in [-0.1, -0.05) is 148 Å². The molecule has 0 aromatic carbocycles. The van der Waals surface area contributed by atoms with E-state index in [1.165, 1.54) is 135 Å². The van der Waals surface area contributed by atoms with Gasteiger partial charge >= 0.3 is 29.9 Å². The first-order chi connectivity index (χ1) is 13.8. The van der Waals surface area contributed by atoms with Crippen LogP contribution in [-0.2, 0) is 4.79 Å². The van der Waals surface area contributed by atoms with Crippen molar-refractivity contribution in [3.05, 3.63) is 0 Å². The number of rotatable bonds is 24. The second-order valence-corrected chi connectivity index (χ2v) is 8.92. The van der Waals surface area contributed by atoms with E-state index in [0.717, 1.165) is 12.8 Å². The van der Waals surface area contributed by atoms with Crippen molar-refractivity contribution in [1.82, 2.24) is 0 Å². The van der Waals surface area contributed by atoms with Gasteiger partial charge in [0.15, 0.2) is 0 Å². The summed E-state index contributed by atoms with van der Waals surface area (Å²) in [5, 5.41) is 8.59. The van der Waals surface area contributed by atoms with Gasteiger partial charge in [-0.3, -0.25) is 4.79 Å². The first-order valence-corrected chi connectivity index (χ1v) is 13.0. The number of hydrogen-bond acceptors (Lipinski definition) is 1. The second kappa shape index (κ2) is 28.3. The molecule has 29 heavy (non-hydrogen) atoms. The van der Waals surface area contributed by atoms with E-state index in [9.17, 15) is 4.79 Å². The van der Waals surface area contributed by atoms with Crippen molar-refractivity contribution in [3.63, 3.8) is 0 Å². The molecule has 0 amide bonds. The van der Waals surface area contributed by atoms with Gasteiger partial charge in [-0.05, 0) is 6.42 Å². The molecule has 0 heterocycles. The van der Waals surface area contributed by atoms with Crippen LogP contribution in [0.1, 0.15) is 161 Å². The van der Waals surface area contributed by atoms with Gasteiger partial charge in [0, 0.05) is 6.42 Å². The molecule has 0 saturated heterocycles. The molecule has 174 valence electrons. The Hall–Kier alpha value is 0.269. The molecule has 2 nitrogen and oxygen atoms in total. The average molecular weight is 517 g/mol. The van der Waals surface area contributed by atoms with Crippen LogP contribution in [-0.4, -0.2) is 35.0 Å². The number of carboxylic acid groups (broad SMARTS) is 1. The molecule has 0 rings (SSSR count). The van der Waals surface area contributed by atoms with Crippen LogP contribution in [0.25, 0.3) is 0 Å². The van der Waals surface area contributed by atoms with Crippen LogP contribution >= 0.6 is 0 Å².